The fourth-order valence-corrected chi connectivity index (χ4v) is 1.90. The largest absolute Gasteiger partial charge is 0.482 e. The van der Waals surface area contributed by atoms with E-state index in [2.05, 4.69) is 10.3 Å². The predicted molar refractivity (Wildman–Crippen MR) is 67.0 cm³/mol. The first-order valence-corrected chi connectivity index (χ1v) is 5.88. The quantitative estimate of drug-likeness (QED) is 0.850. The van der Waals surface area contributed by atoms with Crippen molar-refractivity contribution in [2.24, 2.45) is 0 Å². The van der Waals surface area contributed by atoms with Crippen molar-refractivity contribution >= 4 is 5.91 Å². The highest BCUT2D eigenvalue weighted by Crippen LogP contribution is 2.24. The average Bonchev–Trinajstić information content (AvgIpc) is 2.62. The lowest BCUT2D eigenvalue weighted by Gasteiger charge is -2.07. The lowest BCUT2D eigenvalue weighted by molar-refractivity contribution is -0.122. The molecule has 1 aromatic heterocycles. The van der Waals surface area contributed by atoms with Crippen molar-refractivity contribution in [3.8, 4) is 17.0 Å². The molecule has 0 saturated heterocycles. The van der Waals surface area contributed by atoms with Gasteiger partial charge in [0.2, 0.25) is 0 Å². The summed E-state index contributed by atoms with van der Waals surface area (Å²) in [5, 5.41) is 2.70. The van der Waals surface area contributed by atoms with Crippen molar-refractivity contribution in [3.05, 3.63) is 47.9 Å². The van der Waals surface area contributed by atoms with Crippen LogP contribution in [0.2, 0.25) is 0 Å². The minimum absolute atomic E-state index is 0.00454. The van der Waals surface area contributed by atoms with Gasteiger partial charge in [-0.1, -0.05) is 0 Å². The number of nitrogens with one attached hydrogen (secondary N) is 1. The maximum Gasteiger partial charge on any atom is 0.258 e. The van der Waals surface area contributed by atoms with E-state index in [4.69, 9.17) is 4.74 Å². The molecule has 1 amide bonds. The number of amides is 1. The lowest BCUT2D eigenvalue weighted by atomic mass is 10.1. The Kier molecular flexibility index (Phi) is 2.87. The van der Waals surface area contributed by atoms with E-state index in [-0.39, 0.29) is 18.3 Å². The molecule has 1 aliphatic heterocycles. The van der Waals surface area contributed by atoms with Gasteiger partial charge in [0.05, 0.1) is 12.2 Å². The molecule has 1 N–H and O–H groups in total. The number of hydrogen-bond acceptors (Lipinski definition) is 3. The van der Waals surface area contributed by atoms with Crippen molar-refractivity contribution in [3.63, 3.8) is 0 Å². The Labute approximate surface area is 109 Å². The lowest BCUT2D eigenvalue weighted by Crippen LogP contribution is -2.25. The molecule has 0 fully saturated rings. The molecule has 4 nitrogen and oxygen atoms in total. The van der Waals surface area contributed by atoms with Crippen LogP contribution in [0.3, 0.4) is 0 Å². The monoisotopic (exact) mass is 258 g/mol. The zero-order valence-corrected chi connectivity index (χ0v) is 10.0. The third kappa shape index (κ3) is 2.40. The zero-order chi connectivity index (χ0) is 13.2. The summed E-state index contributed by atoms with van der Waals surface area (Å²) in [6.07, 6.45) is 0. The standard InChI is InChI=1S/C14H11FN2O2/c15-10-3-1-9(2-4-10)11-5-6-13-12(17-11)7-16-14(18)8-19-13/h1-6H,7-8H2,(H,16,18). The van der Waals surface area contributed by atoms with Crippen molar-refractivity contribution in [2.45, 2.75) is 6.54 Å². The van der Waals surface area contributed by atoms with Crippen LogP contribution in [0.25, 0.3) is 11.3 Å². The summed E-state index contributed by atoms with van der Waals surface area (Å²) in [4.78, 5) is 15.7. The minimum atomic E-state index is -0.283. The fraction of sp³-hybridized carbons (Fsp3) is 0.143. The Hall–Kier alpha value is -2.43. The normalized spacial score (nSPS) is 14.1. The van der Waals surface area contributed by atoms with E-state index in [1.807, 2.05) is 0 Å². The number of rotatable bonds is 1. The van der Waals surface area contributed by atoms with Crippen LogP contribution in [0.5, 0.6) is 5.75 Å². The van der Waals surface area contributed by atoms with Crippen LogP contribution in [0, 0.1) is 5.82 Å². The second-order valence-corrected chi connectivity index (χ2v) is 4.21. The number of carbonyl (C=O) groups is 1. The number of aromatic nitrogens is 1. The maximum atomic E-state index is 12.9. The summed E-state index contributed by atoms with van der Waals surface area (Å²) >= 11 is 0. The first-order valence-electron chi connectivity index (χ1n) is 5.88. The minimum Gasteiger partial charge on any atom is -0.482 e. The molecular weight excluding hydrogens is 247 g/mol. The Morgan fingerprint density at radius 1 is 1.16 bits per heavy atom. The van der Waals surface area contributed by atoms with Crippen LogP contribution >= 0.6 is 0 Å². The van der Waals surface area contributed by atoms with Gasteiger partial charge in [-0.15, -0.1) is 0 Å². The Morgan fingerprint density at radius 3 is 2.74 bits per heavy atom. The number of nitrogens with zero attached hydrogens (tertiary/aromatic N) is 1. The number of ether oxygens (including phenoxy) is 1. The van der Waals surface area contributed by atoms with Gasteiger partial charge in [-0.25, -0.2) is 9.37 Å². The average molecular weight is 258 g/mol. The Morgan fingerprint density at radius 2 is 1.95 bits per heavy atom. The van der Waals surface area contributed by atoms with Gasteiger partial charge in [0.15, 0.2) is 6.61 Å². The predicted octanol–water partition coefficient (Wildman–Crippen LogP) is 1.90. The summed E-state index contributed by atoms with van der Waals surface area (Å²) in [5.41, 5.74) is 2.21. The molecule has 5 heteroatoms. The van der Waals surface area contributed by atoms with Gasteiger partial charge in [0, 0.05) is 5.56 Å². The van der Waals surface area contributed by atoms with E-state index >= 15 is 0 Å². The molecule has 1 aliphatic rings. The van der Waals surface area contributed by atoms with Crippen LogP contribution in [-0.2, 0) is 11.3 Å². The molecule has 0 atom stereocenters. The SMILES string of the molecule is O=C1COc2ccc(-c3ccc(F)cc3)nc2CN1. The maximum absolute atomic E-state index is 12.9. The number of fused-ring (bicyclic) bond motifs is 1. The smallest absolute Gasteiger partial charge is 0.258 e. The van der Waals surface area contributed by atoms with Crippen LogP contribution in [0.1, 0.15) is 5.69 Å². The topological polar surface area (TPSA) is 51.2 Å². The van der Waals surface area contributed by atoms with Gasteiger partial charge in [-0.3, -0.25) is 4.79 Å². The van der Waals surface area contributed by atoms with Gasteiger partial charge >= 0.3 is 0 Å². The number of halogens is 1. The van der Waals surface area contributed by atoms with E-state index < -0.39 is 0 Å². The highest BCUT2D eigenvalue weighted by Gasteiger charge is 2.15. The van der Waals surface area contributed by atoms with E-state index in [9.17, 15) is 9.18 Å². The third-order valence-electron chi connectivity index (χ3n) is 2.88. The van der Waals surface area contributed by atoms with Gasteiger partial charge in [0.25, 0.3) is 5.91 Å². The van der Waals surface area contributed by atoms with Crippen LogP contribution in [-0.4, -0.2) is 17.5 Å². The highest BCUT2D eigenvalue weighted by molar-refractivity contribution is 5.78. The van der Waals surface area contributed by atoms with Crippen molar-refractivity contribution in [1.29, 1.82) is 0 Å². The molecule has 1 aromatic carbocycles. The Bertz CT molecular complexity index is 626. The number of benzene rings is 1. The van der Waals surface area contributed by atoms with Crippen molar-refractivity contribution in [2.75, 3.05) is 6.61 Å². The molecule has 0 saturated carbocycles. The van der Waals surface area contributed by atoms with Gasteiger partial charge < -0.3 is 10.1 Å². The summed E-state index contributed by atoms with van der Waals surface area (Å²) in [5.74, 6) is 0.152. The summed E-state index contributed by atoms with van der Waals surface area (Å²) in [6.45, 7) is 0.341. The van der Waals surface area contributed by atoms with Crippen LogP contribution < -0.4 is 10.1 Å². The second kappa shape index (κ2) is 4.68. The van der Waals surface area contributed by atoms with Crippen molar-refractivity contribution < 1.29 is 13.9 Å². The van der Waals surface area contributed by atoms with E-state index in [0.717, 1.165) is 11.3 Å². The van der Waals surface area contributed by atoms with Crippen LogP contribution in [0.15, 0.2) is 36.4 Å². The fourth-order valence-electron chi connectivity index (χ4n) is 1.90. The molecule has 0 aliphatic carbocycles. The molecule has 2 heterocycles. The Balaban J connectivity index is 1.97. The molecule has 19 heavy (non-hydrogen) atoms. The highest BCUT2D eigenvalue weighted by atomic mass is 19.1. The molecule has 3 rings (SSSR count). The molecular formula is C14H11FN2O2. The number of carbonyl (C=O) groups excluding carboxylic acids is 1. The zero-order valence-electron chi connectivity index (χ0n) is 10.0. The van der Waals surface area contributed by atoms with E-state index in [1.54, 1.807) is 24.3 Å². The van der Waals surface area contributed by atoms with Crippen molar-refractivity contribution in [1.82, 2.24) is 10.3 Å². The molecule has 96 valence electrons. The summed E-state index contributed by atoms with van der Waals surface area (Å²) in [6, 6.07) is 9.69. The molecule has 0 bridgehead atoms. The summed E-state index contributed by atoms with van der Waals surface area (Å²) in [7, 11) is 0. The van der Waals surface area contributed by atoms with E-state index in [1.165, 1.54) is 12.1 Å². The summed E-state index contributed by atoms with van der Waals surface area (Å²) < 4.78 is 18.2. The molecule has 0 radical (unpaired) electrons. The molecule has 0 unspecified atom stereocenters. The third-order valence-corrected chi connectivity index (χ3v) is 2.88. The molecule has 0 spiro atoms. The number of hydrogen-bond donors (Lipinski definition) is 1. The first kappa shape index (κ1) is 11.6. The molecule has 2 aromatic rings. The second-order valence-electron chi connectivity index (χ2n) is 4.21. The van der Waals surface area contributed by atoms with Gasteiger partial charge in [-0.05, 0) is 36.4 Å². The van der Waals surface area contributed by atoms with Gasteiger partial charge in [-0.2, -0.15) is 0 Å². The van der Waals surface area contributed by atoms with Gasteiger partial charge in [0.1, 0.15) is 17.3 Å². The van der Waals surface area contributed by atoms with E-state index in [0.29, 0.717) is 18.0 Å². The first-order chi connectivity index (χ1) is 9.22. The number of pyridine rings is 1. The van der Waals surface area contributed by atoms with Crippen LogP contribution in [0.4, 0.5) is 4.39 Å².